The summed E-state index contributed by atoms with van der Waals surface area (Å²) in [6.45, 7) is 6.00. The van der Waals surface area contributed by atoms with Gasteiger partial charge < -0.3 is 24.4 Å². The summed E-state index contributed by atoms with van der Waals surface area (Å²) in [5.41, 5.74) is 2.59. The Balaban J connectivity index is 1.60. The molecular weight excluding hydrogens is 322 g/mol. The highest BCUT2D eigenvalue weighted by atomic mass is 16.6. The van der Waals surface area contributed by atoms with Crippen molar-refractivity contribution in [2.24, 2.45) is 7.05 Å². The summed E-state index contributed by atoms with van der Waals surface area (Å²) in [6.07, 6.45) is -0.321. The zero-order valence-electron chi connectivity index (χ0n) is 14.8. The zero-order valence-corrected chi connectivity index (χ0v) is 14.8. The molecule has 0 saturated carbocycles. The number of hydrogen-bond donors (Lipinski definition) is 1. The topological polar surface area (TPSA) is 79.7 Å². The predicted molar refractivity (Wildman–Crippen MR) is 94.6 cm³/mol. The Morgan fingerprint density at radius 3 is 2.56 bits per heavy atom. The van der Waals surface area contributed by atoms with E-state index in [9.17, 15) is 9.59 Å². The van der Waals surface area contributed by atoms with E-state index >= 15 is 0 Å². The van der Waals surface area contributed by atoms with E-state index in [0.717, 1.165) is 16.9 Å². The number of fused-ring (bicyclic) bond motifs is 1. The molecule has 3 amide bonds. The van der Waals surface area contributed by atoms with Gasteiger partial charge in [-0.15, -0.1) is 0 Å². The number of rotatable bonds is 2. The van der Waals surface area contributed by atoms with Gasteiger partial charge in [-0.2, -0.15) is 0 Å². The summed E-state index contributed by atoms with van der Waals surface area (Å²) in [5, 5.41) is 2.90. The highest BCUT2D eigenvalue weighted by molar-refractivity contribution is 5.92. The fourth-order valence-corrected chi connectivity index (χ4v) is 2.91. The lowest BCUT2D eigenvalue weighted by atomic mass is 10.2. The molecule has 8 nitrogen and oxygen atoms in total. The van der Waals surface area contributed by atoms with Crippen LogP contribution in [0.15, 0.2) is 18.2 Å². The van der Waals surface area contributed by atoms with E-state index in [4.69, 9.17) is 4.74 Å². The van der Waals surface area contributed by atoms with E-state index in [1.807, 2.05) is 36.7 Å². The van der Waals surface area contributed by atoms with E-state index in [1.165, 1.54) is 0 Å². The Morgan fingerprint density at radius 1 is 1.20 bits per heavy atom. The fraction of sp³-hybridized carbons (Fsp3) is 0.471. The third kappa shape index (κ3) is 3.52. The number of aromatic nitrogens is 2. The van der Waals surface area contributed by atoms with Gasteiger partial charge in [0.15, 0.2) is 0 Å². The maximum absolute atomic E-state index is 12.4. The van der Waals surface area contributed by atoms with Crippen molar-refractivity contribution in [3.05, 3.63) is 24.0 Å². The van der Waals surface area contributed by atoms with E-state index in [2.05, 4.69) is 10.3 Å². The number of nitrogens with one attached hydrogen (secondary N) is 1. The quantitative estimate of drug-likeness (QED) is 0.905. The average molecular weight is 345 g/mol. The van der Waals surface area contributed by atoms with Gasteiger partial charge in [-0.05, 0) is 32.0 Å². The van der Waals surface area contributed by atoms with Gasteiger partial charge in [0.25, 0.3) is 0 Å². The summed E-state index contributed by atoms with van der Waals surface area (Å²) in [4.78, 5) is 31.9. The second-order valence-electron chi connectivity index (χ2n) is 6.02. The minimum absolute atomic E-state index is 0.171. The van der Waals surface area contributed by atoms with Gasteiger partial charge >= 0.3 is 12.1 Å². The van der Waals surface area contributed by atoms with Gasteiger partial charge in [-0.25, -0.2) is 14.6 Å². The molecule has 1 aromatic carbocycles. The highest BCUT2D eigenvalue weighted by Crippen LogP contribution is 2.20. The van der Waals surface area contributed by atoms with Crippen LogP contribution in [0, 0.1) is 6.92 Å². The Labute approximate surface area is 146 Å². The lowest BCUT2D eigenvalue weighted by Gasteiger charge is -2.33. The number of piperazine rings is 1. The summed E-state index contributed by atoms with van der Waals surface area (Å²) < 4.78 is 6.99. The number of imidazole rings is 1. The van der Waals surface area contributed by atoms with Crippen molar-refractivity contribution in [1.82, 2.24) is 19.4 Å². The number of nitrogens with zero attached hydrogens (tertiary/aromatic N) is 4. The number of carbonyl (C=O) groups excluding carboxylic acids is 2. The van der Waals surface area contributed by atoms with Crippen molar-refractivity contribution < 1.29 is 14.3 Å². The second-order valence-corrected chi connectivity index (χ2v) is 6.02. The number of ether oxygens (including phenoxy) is 1. The van der Waals surface area contributed by atoms with Crippen LogP contribution < -0.4 is 5.32 Å². The van der Waals surface area contributed by atoms with Crippen LogP contribution in [0.3, 0.4) is 0 Å². The lowest BCUT2D eigenvalue weighted by molar-refractivity contribution is 0.0868. The molecule has 3 rings (SSSR count). The van der Waals surface area contributed by atoms with Crippen LogP contribution in [0.4, 0.5) is 15.3 Å². The van der Waals surface area contributed by atoms with Gasteiger partial charge in [0.2, 0.25) is 0 Å². The van der Waals surface area contributed by atoms with Crippen LogP contribution in [0.25, 0.3) is 11.0 Å². The van der Waals surface area contributed by atoms with Crippen LogP contribution in [-0.4, -0.2) is 64.3 Å². The molecule has 0 atom stereocenters. The molecule has 0 spiro atoms. The molecule has 1 saturated heterocycles. The monoisotopic (exact) mass is 345 g/mol. The number of aryl methyl sites for hydroxylation is 2. The van der Waals surface area contributed by atoms with Gasteiger partial charge in [-0.1, -0.05) is 0 Å². The second kappa shape index (κ2) is 7.00. The summed E-state index contributed by atoms with van der Waals surface area (Å²) in [6, 6.07) is 5.52. The standard InChI is InChI=1S/C17H23N5O3/c1-4-25-17(24)22-9-7-21(8-10-22)16(23)19-13-5-6-15-14(11-13)18-12(2)20(15)3/h5-6,11H,4,7-10H2,1-3H3,(H,19,23). The molecule has 0 radical (unpaired) electrons. The van der Waals surface area contributed by atoms with Crippen LogP contribution in [0.5, 0.6) is 0 Å². The minimum atomic E-state index is -0.321. The maximum atomic E-state index is 12.4. The molecule has 1 fully saturated rings. The Bertz CT molecular complexity index is 793. The first-order valence-electron chi connectivity index (χ1n) is 8.40. The number of carbonyl (C=O) groups is 2. The molecule has 0 unspecified atom stereocenters. The molecule has 1 aliphatic heterocycles. The molecule has 1 aliphatic rings. The van der Waals surface area contributed by atoms with E-state index in [0.29, 0.717) is 38.5 Å². The first kappa shape index (κ1) is 17.1. The molecule has 2 heterocycles. The largest absolute Gasteiger partial charge is 0.450 e. The molecule has 0 bridgehead atoms. The Morgan fingerprint density at radius 2 is 1.88 bits per heavy atom. The first-order valence-corrected chi connectivity index (χ1v) is 8.40. The van der Waals surface area contributed by atoms with Gasteiger partial charge in [0.05, 0.1) is 17.6 Å². The smallest absolute Gasteiger partial charge is 0.409 e. The highest BCUT2D eigenvalue weighted by Gasteiger charge is 2.24. The normalized spacial score (nSPS) is 14.7. The molecule has 0 aliphatic carbocycles. The minimum Gasteiger partial charge on any atom is -0.450 e. The molecule has 2 aromatic rings. The van der Waals surface area contributed by atoms with Crippen LogP contribution in [0.1, 0.15) is 12.7 Å². The maximum Gasteiger partial charge on any atom is 0.409 e. The number of amides is 3. The van der Waals surface area contributed by atoms with Crippen molar-refractivity contribution in [3.63, 3.8) is 0 Å². The van der Waals surface area contributed by atoms with Crippen molar-refractivity contribution in [3.8, 4) is 0 Å². The number of hydrogen-bond acceptors (Lipinski definition) is 4. The van der Waals surface area contributed by atoms with Gasteiger partial charge in [0, 0.05) is 38.9 Å². The molecule has 1 aromatic heterocycles. The average Bonchev–Trinajstić information content (AvgIpc) is 2.89. The van der Waals surface area contributed by atoms with E-state index in [1.54, 1.807) is 16.7 Å². The third-order valence-electron chi connectivity index (χ3n) is 4.45. The first-order chi connectivity index (χ1) is 12.0. The summed E-state index contributed by atoms with van der Waals surface area (Å²) >= 11 is 0. The Hall–Kier alpha value is -2.77. The molecule has 25 heavy (non-hydrogen) atoms. The lowest BCUT2D eigenvalue weighted by Crippen LogP contribution is -2.51. The van der Waals surface area contributed by atoms with Crippen LogP contribution >= 0.6 is 0 Å². The van der Waals surface area contributed by atoms with Crippen LogP contribution in [-0.2, 0) is 11.8 Å². The van der Waals surface area contributed by atoms with Crippen molar-refractivity contribution in [2.75, 3.05) is 38.1 Å². The molecular formula is C17H23N5O3. The summed E-state index contributed by atoms with van der Waals surface area (Å²) in [5.74, 6) is 0.925. The number of benzene rings is 1. The van der Waals surface area contributed by atoms with Crippen molar-refractivity contribution in [2.45, 2.75) is 13.8 Å². The van der Waals surface area contributed by atoms with E-state index in [-0.39, 0.29) is 12.1 Å². The molecule has 134 valence electrons. The van der Waals surface area contributed by atoms with Crippen molar-refractivity contribution >= 4 is 28.8 Å². The summed E-state index contributed by atoms with van der Waals surface area (Å²) in [7, 11) is 1.96. The number of anilines is 1. The predicted octanol–water partition coefficient (Wildman–Crippen LogP) is 2.19. The Kier molecular flexibility index (Phi) is 4.78. The van der Waals surface area contributed by atoms with Gasteiger partial charge in [0.1, 0.15) is 5.82 Å². The van der Waals surface area contributed by atoms with Gasteiger partial charge in [-0.3, -0.25) is 0 Å². The molecule has 8 heteroatoms. The third-order valence-corrected chi connectivity index (χ3v) is 4.45. The molecule has 1 N–H and O–H groups in total. The van der Waals surface area contributed by atoms with Crippen LogP contribution in [0.2, 0.25) is 0 Å². The number of urea groups is 1. The zero-order chi connectivity index (χ0) is 18.0. The van der Waals surface area contributed by atoms with Crippen molar-refractivity contribution in [1.29, 1.82) is 0 Å². The SMILES string of the molecule is CCOC(=O)N1CCN(C(=O)Nc2ccc3c(c2)nc(C)n3C)CC1. The van der Waals surface area contributed by atoms with E-state index < -0.39 is 0 Å². The fourth-order valence-electron chi connectivity index (χ4n) is 2.91.